The molecular weight excluding hydrogens is 810 g/mol. The first-order chi connectivity index (χ1) is 29.9. The number of methoxy groups -OCH3 is 1. The van der Waals surface area contributed by atoms with Crippen molar-refractivity contribution in [2.75, 3.05) is 51.6 Å². The van der Waals surface area contributed by atoms with E-state index in [0.717, 1.165) is 82.0 Å². The van der Waals surface area contributed by atoms with E-state index in [9.17, 15) is 9.18 Å². The highest BCUT2D eigenvalue weighted by molar-refractivity contribution is 6.90. The number of nitrogens with zero attached hydrogens (tertiary/aromatic N) is 5. The topological polar surface area (TPSA) is 89.5 Å². The molecule has 4 aliphatic rings. The molecule has 4 aliphatic heterocycles. The molecule has 0 radical (unpaired) electrons. The Morgan fingerprint density at radius 3 is 2.33 bits per heavy atom. The molecule has 63 heavy (non-hydrogen) atoms. The minimum absolute atomic E-state index is 0.0103. The van der Waals surface area contributed by atoms with Crippen LogP contribution in [0.5, 0.6) is 11.8 Å². The first-order valence-electron chi connectivity index (χ1n) is 23.3. The molecule has 0 saturated carbocycles. The highest BCUT2D eigenvalue weighted by atomic mass is 28.3. The monoisotopic (exact) mass is 877 g/mol. The maximum absolute atomic E-state index is 14.9. The molecule has 4 atom stereocenters. The number of aryl methyl sites for hydroxylation is 1. The molecule has 4 fully saturated rings. The van der Waals surface area contributed by atoms with E-state index >= 15 is 0 Å². The van der Waals surface area contributed by atoms with Crippen LogP contribution >= 0.6 is 0 Å². The maximum atomic E-state index is 14.9. The molecule has 4 aromatic rings. The summed E-state index contributed by atoms with van der Waals surface area (Å²) in [6.45, 7) is 25.0. The predicted molar refractivity (Wildman–Crippen MR) is 253 cm³/mol. The van der Waals surface area contributed by atoms with Gasteiger partial charge in [-0.1, -0.05) is 59.6 Å². The number of hydrogen-bond donors (Lipinski definition) is 0. The second kappa shape index (κ2) is 17.5. The van der Waals surface area contributed by atoms with Crippen LogP contribution in [0, 0.1) is 18.4 Å². The number of halogens is 1. The fraction of sp³-hybridized carbons (Fsp3) is 0.588. The summed E-state index contributed by atoms with van der Waals surface area (Å²) < 4.78 is 38.9. The number of carbonyl (C=O) groups excluding carboxylic acids is 1. The summed E-state index contributed by atoms with van der Waals surface area (Å²) in [5, 5.41) is 3.01. The van der Waals surface area contributed by atoms with Crippen LogP contribution in [0.2, 0.25) is 16.6 Å². The van der Waals surface area contributed by atoms with Crippen molar-refractivity contribution in [2.24, 2.45) is 0 Å². The summed E-state index contributed by atoms with van der Waals surface area (Å²) in [4.78, 5) is 30.4. The van der Waals surface area contributed by atoms with E-state index in [-0.39, 0.29) is 36.5 Å². The molecule has 8 rings (SSSR count). The Morgan fingerprint density at radius 1 is 0.952 bits per heavy atom. The first-order valence-corrected chi connectivity index (χ1v) is 25.5. The smallest absolute Gasteiger partial charge is 0.410 e. The zero-order chi connectivity index (χ0) is 45.0. The fourth-order valence-corrected chi connectivity index (χ4v) is 16.9. The number of rotatable bonds is 11. The van der Waals surface area contributed by atoms with Crippen LogP contribution in [0.1, 0.15) is 106 Å². The lowest BCUT2D eigenvalue weighted by atomic mass is 9.91. The van der Waals surface area contributed by atoms with E-state index in [1.807, 2.05) is 25.7 Å². The molecule has 4 saturated heterocycles. The summed E-state index contributed by atoms with van der Waals surface area (Å²) in [7, 11) is -0.418. The van der Waals surface area contributed by atoms with Gasteiger partial charge < -0.3 is 23.8 Å². The van der Waals surface area contributed by atoms with E-state index in [1.165, 1.54) is 0 Å². The highest BCUT2D eigenvalue weighted by Gasteiger charge is 2.50. The largest absolute Gasteiger partial charge is 0.468 e. The van der Waals surface area contributed by atoms with Crippen LogP contribution < -0.4 is 14.4 Å². The van der Waals surface area contributed by atoms with Gasteiger partial charge in [-0.25, -0.2) is 9.18 Å². The predicted octanol–water partition coefficient (Wildman–Crippen LogP) is 10.9. The molecule has 1 aromatic heterocycles. The van der Waals surface area contributed by atoms with Crippen molar-refractivity contribution >= 4 is 41.7 Å². The normalized spacial score (nSPS) is 22.7. The molecular formula is C51H68FN5O5Si. The summed E-state index contributed by atoms with van der Waals surface area (Å²) in [5.41, 5.74) is 9.36. The zero-order valence-corrected chi connectivity index (χ0v) is 40.4. The summed E-state index contributed by atoms with van der Waals surface area (Å²) in [5.74, 6) is 5.28. The maximum Gasteiger partial charge on any atom is 0.410 e. The SMILES string of the molecule is COCOc1cc(-c2cc3nc(OC[C@@]45CCCN4C[C@H](F)C5)nc(N4CC5CCC(C4)N5C(=O)OC(C)(C)C)c3cc2C)c2c(C#C[Si](C(C)C)(C(C)C)C(C)C)cccc2c1. The number of alkyl halides is 1. The third kappa shape index (κ3) is 8.62. The van der Waals surface area contributed by atoms with E-state index in [2.05, 4.69) is 112 Å². The summed E-state index contributed by atoms with van der Waals surface area (Å²) >= 11 is 0. The molecule has 0 aliphatic carbocycles. The van der Waals surface area contributed by atoms with Gasteiger partial charge in [-0.3, -0.25) is 9.80 Å². The van der Waals surface area contributed by atoms with E-state index in [4.69, 9.17) is 28.9 Å². The molecule has 12 heteroatoms. The van der Waals surface area contributed by atoms with E-state index < -0.39 is 19.8 Å². The van der Waals surface area contributed by atoms with Crippen LogP contribution in [0.15, 0.2) is 42.5 Å². The number of hydrogen-bond acceptors (Lipinski definition) is 9. The van der Waals surface area contributed by atoms with Gasteiger partial charge in [0, 0.05) is 49.5 Å². The molecule has 2 unspecified atom stereocenters. The molecule has 338 valence electrons. The van der Waals surface area contributed by atoms with Crippen molar-refractivity contribution in [1.82, 2.24) is 19.8 Å². The Morgan fingerprint density at radius 2 is 1.67 bits per heavy atom. The summed E-state index contributed by atoms with van der Waals surface area (Å²) in [6.07, 6.45) is 3.05. The molecule has 10 nitrogen and oxygen atoms in total. The Hall–Kier alpha value is -4.44. The second-order valence-electron chi connectivity index (χ2n) is 20.6. The average Bonchev–Trinajstić information content (AvgIpc) is 3.84. The van der Waals surface area contributed by atoms with E-state index in [0.29, 0.717) is 55.0 Å². The lowest BCUT2D eigenvalue weighted by Crippen LogP contribution is -2.57. The third-order valence-corrected chi connectivity index (χ3v) is 20.8. The standard InChI is InChI=1S/C51H68FN5O5Si/c1-32(2)63(33(3)4,34(5)6)21-18-36-14-12-15-37-23-41(61-31-59-11)24-43(46(36)37)42-25-45-44(22-35(42)7)47(54-48(53-45)60-30-51-19-13-20-56(51)27-38(52)26-51)55-28-39-16-17-40(29-55)57(39)49(58)62-50(8,9)10/h12,14-15,22-25,32-34,38-40H,13,16-17,19-20,26-31H2,1-11H3/t38-,39?,40?,51+/m1/s1. The number of ether oxygens (including phenoxy) is 4. The zero-order valence-electron chi connectivity index (χ0n) is 39.4. The van der Waals surface area contributed by atoms with Gasteiger partial charge >= 0.3 is 12.1 Å². The minimum atomic E-state index is -2.05. The van der Waals surface area contributed by atoms with Gasteiger partial charge in [-0.15, -0.1) is 5.54 Å². The number of piperazine rings is 1. The highest BCUT2D eigenvalue weighted by Crippen LogP contribution is 2.44. The van der Waals surface area contributed by atoms with E-state index in [1.54, 1.807) is 7.11 Å². The Bertz CT molecular complexity index is 2390. The summed E-state index contributed by atoms with van der Waals surface area (Å²) in [6, 6.07) is 15.2. The van der Waals surface area contributed by atoms with Gasteiger partial charge in [0.1, 0.15) is 38.0 Å². The van der Waals surface area contributed by atoms with Gasteiger partial charge in [0.2, 0.25) is 0 Å². The Labute approximate surface area is 375 Å². The van der Waals surface area contributed by atoms with Gasteiger partial charge in [-0.2, -0.15) is 9.97 Å². The van der Waals surface area contributed by atoms with Crippen LogP contribution in [-0.4, -0.2) is 110 Å². The molecule has 3 aromatic carbocycles. The fourth-order valence-electron chi connectivity index (χ4n) is 11.7. The number of anilines is 1. The Kier molecular flexibility index (Phi) is 12.5. The van der Waals surface area contributed by atoms with Gasteiger partial charge in [0.25, 0.3) is 0 Å². The van der Waals surface area contributed by atoms with Crippen LogP contribution in [-0.2, 0) is 9.47 Å². The number of benzene rings is 3. The first kappa shape index (κ1) is 45.1. The number of fused-ring (bicyclic) bond motifs is 5. The lowest BCUT2D eigenvalue weighted by Gasteiger charge is -2.42. The lowest BCUT2D eigenvalue weighted by molar-refractivity contribution is 0.0122. The van der Waals surface area contributed by atoms with Gasteiger partial charge in [0.15, 0.2) is 6.79 Å². The number of aromatic nitrogens is 2. The molecule has 1 amide bonds. The van der Waals surface area contributed by atoms with Gasteiger partial charge in [-0.05, 0) is 129 Å². The molecule has 2 bridgehead atoms. The van der Waals surface area contributed by atoms with Crippen molar-refractivity contribution in [2.45, 2.75) is 147 Å². The van der Waals surface area contributed by atoms with Crippen molar-refractivity contribution in [3.8, 4) is 34.4 Å². The van der Waals surface area contributed by atoms with Crippen LogP contribution in [0.4, 0.5) is 15.0 Å². The van der Waals surface area contributed by atoms with Crippen molar-refractivity contribution in [3.05, 3.63) is 53.6 Å². The van der Waals surface area contributed by atoms with Crippen LogP contribution in [0.25, 0.3) is 32.8 Å². The molecule has 0 spiro atoms. The average molecular weight is 878 g/mol. The van der Waals surface area contributed by atoms with Crippen molar-refractivity contribution in [1.29, 1.82) is 0 Å². The number of amides is 1. The van der Waals surface area contributed by atoms with Crippen LogP contribution in [0.3, 0.4) is 0 Å². The quantitative estimate of drug-likeness (QED) is 0.0830. The van der Waals surface area contributed by atoms with Crippen molar-refractivity contribution in [3.63, 3.8) is 0 Å². The molecule has 0 N–H and O–H groups in total. The Balaban J connectivity index is 1.27. The molecule has 5 heterocycles. The second-order valence-corrected chi connectivity index (χ2v) is 26.2. The number of carbonyl (C=O) groups is 1. The van der Waals surface area contributed by atoms with Crippen molar-refractivity contribution < 1.29 is 28.1 Å². The van der Waals surface area contributed by atoms with Gasteiger partial charge in [0.05, 0.1) is 23.1 Å². The third-order valence-electron chi connectivity index (χ3n) is 14.5. The minimum Gasteiger partial charge on any atom is -0.468 e.